The second-order valence-corrected chi connectivity index (χ2v) is 7.04. The first-order valence-electron chi connectivity index (χ1n) is 7.94. The number of aliphatic imine (C=N–C) groups is 1. The van der Waals surface area contributed by atoms with Gasteiger partial charge in [0.05, 0.1) is 11.8 Å². The highest BCUT2D eigenvalue weighted by Crippen LogP contribution is 2.34. The molecule has 1 saturated carbocycles. The predicted molar refractivity (Wildman–Crippen MR) is 88.3 cm³/mol. The molecule has 1 N–H and O–H groups in total. The predicted octanol–water partition coefficient (Wildman–Crippen LogP) is 4.53. The van der Waals surface area contributed by atoms with Gasteiger partial charge in [-0.15, -0.1) is 0 Å². The van der Waals surface area contributed by atoms with Crippen molar-refractivity contribution in [3.05, 3.63) is 35.9 Å². The third kappa shape index (κ3) is 3.78. The summed E-state index contributed by atoms with van der Waals surface area (Å²) in [4.78, 5) is 4.71. The molecule has 3 heteroatoms. The Morgan fingerprint density at radius 2 is 1.65 bits per heavy atom. The van der Waals surface area contributed by atoms with E-state index in [1.165, 1.54) is 55.7 Å². The molecule has 0 bridgehead atoms. The zero-order valence-corrected chi connectivity index (χ0v) is 12.9. The number of hydrogen-bond donors (Lipinski definition) is 1. The van der Waals surface area contributed by atoms with E-state index < -0.39 is 0 Å². The van der Waals surface area contributed by atoms with Crippen LogP contribution in [-0.2, 0) is 0 Å². The molecule has 20 heavy (non-hydrogen) atoms. The highest BCUT2D eigenvalue weighted by Gasteiger charge is 2.23. The summed E-state index contributed by atoms with van der Waals surface area (Å²) >= 11 is 1.91. The summed E-state index contributed by atoms with van der Waals surface area (Å²) in [5.74, 6) is 0. The summed E-state index contributed by atoms with van der Waals surface area (Å²) in [5.41, 5.74) is 1.40. The van der Waals surface area contributed by atoms with E-state index in [2.05, 4.69) is 35.6 Å². The first kappa shape index (κ1) is 14.0. The fraction of sp³-hybridized carbons (Fsp3) is 0.588. The van der Waals surface area contributed by atoms with Gasteiger partial charge in [0.2, 0.25) is 0 Å². The zero-order chi connectivity index (χ0) is 13.6. The van der Waals surface area contributed by atoms with Gasteiger partial charge in [-0.25, -0.2) is 0 Å². The number of benzene rings is 1. The molecule has 2 nitrogen and oxygen atoms in total. The summed E-state index contributed by atoms with van der Waals surface area (Å²) in [7, 11) is 0. The van der Waals surface area contributed by atoms with Crippen molar-refractivity contribution in [2.75, 3.05) is 6.54 Å². The SMILES string of the molecule is c1ccc(C2CN=C(NC3CCCCCCC3)S2)cc1. The number of rotatable bonds is 2. The Kier molecular flexibility index (Phi) is 5.01. The molecule has 1 unspecified atom stereocenters. The molecule has 1 aromatic rings. The van der Waals surface area contributed by atoms with Gasteiger partial charge in [-0.05, 0) is 18.4 Å². The molecule has 0 spiro atoms. The molecule has 108 valence electrons. The minimum Gasteiger partial charge on any atom is -0.362 e. The van der Waals surface area contributed by atoms with Crippen LogP contribution in [0.1, 0.15) is 55.8 Å². The molecule has 2 aliphatic rings. The molecule has 0 saturated heterocycles. The fourth-order valence-electron chi connectivity index (χ4n) is 3.07. The van der Waals surface area contributed by atoms with E-state index in [9.17, 15) is 0 Å². The summed E-state index contributed by atoms with van der Waals surface area (Å²) < 4.78 is 0. The van der Waals surface area contributed by atoms with Crippen molar-refractivity contribution >= 4 is 16.9 Å². The molecule has 0 amide bonds. The lowest BCUT2D eigenvalue weighted by Gasteiger charge is -2.21. The van der Waals surface area contributed by atoms with Crippen LogP contribution in [0.4, 0.5) is 0 Å². The summed E-state index contributed by atoms with van der Waals surface area (Å²) in [6, 6.07) is 11.4. The van der Waals surface area contributed by atoms with Gasteiger partial charge in [0.25, 0.3) is 0 Å². The topological polar surface area (TPSA) is 24.4 Å². The molecule has 1 aliphatic carbocycles. The number of nitrogens with zero attached hydrogens (tertiary/aromatic N) is 1. The van der Waals surface area contributed by atoms with Gasteiger partial charge >= 0.3 is 0 Å². The van der Waals surface area contributed by atoms with Crippen molar-refractivity contribution in [1.82, 2.24) is 5.32 Å². The van der Waals surface area contributed by atoms with Crippen LogP contribution < -0.4 is 5.32 Å². The Hall–Kier alpha value is -0.960. The lowest BCUT2D eigenvalue weighted by Crippen LogP contribution is -2.32. The van der Waals surface area contributed by atoms with Gasteiger partial charge in [-0.1, -0.05) is 74.2 Å². The molecule has 3 rings (SSSR count). The van der Waals surface area contributed by atoms with Crippen molar-refractivity contribution < 1.29 is 0 Å². The second kappa shape index (κ2) is 7.16. The fourth-order valence-corrected chi connectivity index (χ4v) is 4.17. The van der Waals surface area contributed by atoms with Crippen LogP contribution in [0.2, 0.25) is 0 Å². The Bertz CT molecular complexity index is 436. The highest BCUT2D eigenvalue weighted by molar-refractivity contribution is 8.14. The lowest BCUT2D eigenvalue weighted by atomic mass is 9.97. The van der Waals surface area contributed by atoms with Gasteiger partial charge in [0.1, 0.15) is 0 Å². The van der Waals surface area contributed by atoms with Crippen molar-refractivity contribution in [2.45, 2.75) is 56.2 Å². The van der Waals surface area contributed by atoms with E-state index >= 15 is 0 Å². The monoisotopic (exact) mass is 288 g/mol. The third-order valence-corrected chi connectivity index (χ3v) is 5.43. The molecule has 1 aliphatic heterocycles. The molecule has 0 radical (unpaired) electrons. The maximum atomic E-state index is 4.71. The molecule has 0 aromatic heterocycles. The minimum atomic E-state index is 0.507. The molecule has 1 fully saturated rings. The smallest absolute Gasteiger partial charge is 0.157 e. The third-order valence-electron chi connectivity index (χ3n) is 4.26. The van der Waals surface area contributed by atoms with Crippen LogP contribution in [0.15, 0.2) is 35.3 Å². The lowest BCUT2D eigenvalue weighted by molar-refractivity contribution is 0.430. The van der Waals surface area contributed by atoms with Crippen LogP contribution in [0.3, 0.4) is 0 Å². The van der Waals surface area contributed by atoms with Crippen LogP contribution in [0.25, 0.3) is 0 Å². The first-order chi connectivity index (χ1) is 9.92. The van der Waals surface area contributed by atoms with Crippen molar-refractivity contribution in [2.24, 2.45) is 4.99 Å². The van der Waals surface area contributed by atoms with E-state index in [0.29, 0.717) is 11.3 Å². The maximum absolute atomic E-state index is 4.71. The van der Waals surface area contributed by atoms with Crippen LogP contribution >= 0.6 is 11.8 Å². The van der Waals surface area contributed by atoms with E-state index in [1.54, 1.807) is 0 Å². The second-order valence-electron chi connectivity index (χ2n) is 5.85. The van der Waals surface area contributed by atoms with Gasteiger partial charge in [-0.2, -0.15) is 0 Å². The molecular weight excluding hydrogens is 264 g/mol. The molecule has 1 heterocycles. The number of thioether (sulfide) groups is 1. The molecule has 1 aromatic carbocycles. The number of nitrogens with one attached hydrogen (secondary N) is 1. The first-order valence-corrected chi connectivity index (χ1v) is 8.82. The standard InChI is InChI=1S/C17H24N2S/c1-2-7-11-15(12-8-3-1)19-17-18-13-16(20-17)14-9-5-4-6-10-14/h4-6,9-10,15-16H,1-3,7-8,11-13H2,(H,18,19). The quantitative estimate of drug-likeness (QED) is 0.864. The molecule has 1 atom stereocenters. The number of hydrogen-bond acceptors (Lipinski definition) is 3. The number of amidine groups is 1. The van der Waals surface area contributed by atoms with Gasteiger partial charge < -0.3 is 5.32 Å². The van der Waals surface area contributed by atoms with Crippen LogP contribution in [-0.4, -0.2) is 17.8 Å². The average molecular weight is 288 g/mol. The summed E-state index contributed by atoms with van der Waals surface area (Å²) in [6.07, 6.45) is 9.62. The largest absolute Gasteiger partial charge is 0.362 e. The van der Waals surface area contributed by atoms with E-state index in [0.717, 1.165) is 6.54 Å². The van der Waals surface area contributed by atoms with Crippen LogP contribution in [0, 0.1) is 0 Å². The average Bonchev–Trinajstić information content (AvgIpc) is 2.91. The highest BCUT2D eigenvalue weighted by atomic mass is 32.2. The maximum Gasteiger partial charge on any atom is 0.157 e. The van der Waals surface area contributed by atoms with E-state index in [4.69, 9.17) is 4.99 Å². The van der Waals surface area contributed by atoms with Gasteiger partial charge in [-0.3, -0.25) is 4.99 Å². The summed E-state index contributed by atoms with van der Waals surface area (Å²) in [5, 5.41) is 5.38. The van der Waals surface area contributed by atoms with Crippen molar-refractivity contribution in [1.29, 1.82) is 0 Å². The Labute approximate surface area is 126 Å². The van der Waals surface area contributed by atoms with E-state index in [1.807, 2.05) is 11.8 Å². The minimum absolute atomic E-state index is 0.507. The Balaban J connectivity index is 1.52. The van der Waals surface area contributed by atoms with Gasteiger partial charge in [0.15, 0.2) is 5.17 Å². The summed E-state index contributed by atoms with van der Waals surface area (Å²) in [6.45, 7) is 0.920. The van der Waals surface area contributed by atoms with Crippen LogP contribution in [0.5, 0.6) is 0 Å². The van der Waals surface area contributed by atoms with Crippen molar-refractivity contribution in [3.63, 3.8) is 0 Å². The molecular formula is C17H24N2S. The van der Waals surface area contributed by atoms with E-state index in [-0.39, 0.29) is 0 Å². The zero-order valence-electron chi connectivity index (χ0n) is 12.1. The Morgan fingerprint density at radius 3 is 2.40 bits per heavy atom. The normalized spacial score (nSPS) is 24.8. The van der Waals surface area contributed by atoms with Gasteiger partial charge in [0, 0.05) is 6.04 Å². The van der Waals surface area contributed by atoms with Crippen molar-refractivity contribution in [3.8, 4) is 0 Å². The Morgan fingerprint density at radius 1 is 0.950 bits per heavy atom.